The number of hydrogen-bond donors (Lipinski definition) is 1. The van der Waals surface area contributed by atoms with Gasteiger partial charge in [0.1, 0.15) is 0 Å². The van der Waals surface area contributed by atoms with Crippen molar-refractivity contribution in [2.24, 2.45) is 0 Å². The van der Waals surface area contributed by atoms with Crippen molar-refractivity contribution in [3.05, 3.63) is 47.6 Å². The van der Waals surface area contributed by atoms with Crippen LogP contribution in [0.15, 0.2) is 33.7 Å². The van der Waals surface area contributed by atoms with Gasteiger partial charge in [0, 0.05) is 32.7 Å². The molecule has 0 aliphatic heterocycles. The second kappa shape index (κ2) is 10.1. The van der Waals surface area contributed by atoms with Gasteiger partial charge in [0.25, 0.3) is 5.56 Å². The molecule has 0 spiro atoms. The van der Waals surface area contributed by atoms with Crippen LogP contribution in [-0.4, -0.2) is 20.0 Å². The van der Waals surface area contributed by atoms with E-state index in [1.165, 1.54) is 4.57 Å². The molecule has 0 bridgehead atoms. The summed E-state index contributed by atoms with van der Waals surface area (Å²) in [5.41, 5.74) is 1.44. The Morgan fingerprint density at radius 3 is 2.52 bits per heavy atom. The number of hydrogen-bond acceptors (Lipinski definition) is 5. The molecule has 1 N–H and O–H groups in total. The van der Waals surface area contributed by atoms with Gasteiger partial charge in [-0.3, -0.25) is 9.36 Å². The van der Waals surface area contributed by atoms with Crippen LogP contribution in [0, 0.1) is 26.7 Å². The summed E-state index contributed by atoms with van der Waals surface area (Å²) in [6.07, 6.45) is 5.29. The second-order valence-corrected chi connectivity index (χ2v) is 4.57. The van der Waals surface area contributed by atoms with E-state index in [-0.39, 0.29) is 69.2 Å². The van der Waals surface area contributed by atoms with Crippen LogP contribution in [0.25, 0.3) is 22.3 Å². The Labute approximate surface area is 172 Å². The number of rotatable bonds is 2. The topological polar surface area (TPSA) is 81.2 Å². The standard InChI is InChI=1S/C15H11N3O3.C2H6.CH3.Y/c1-3-8-18-14-12(16-21-17-14)13(19)11(15(18)20)10-7-5-4-6-9(10)2;1-2;;/h1,4-7,19H,8H2,2H3;1-2H3;1H3;/q;;-1;. The summed E-state index contributed by atoms with van der Waals surface area (Å²) in [4.78, 5) is 12.6. The van der Waals surface area contributed by atoms with Crippen molar-refractivity contribution in [2.75, 3.05) is 0 Å². The number of nitrogens with zero attached hydrogens (tertiary/aromatic N) is 3. The van der Waals surface area contributed by atoms with Crippen LogP contribution in [0.4, 0.5) is 0 Å². The van der Waals surface area contributed by atoms with Gasteiger partial charge in [-0.05, 0) is 28.4 Å². The third-order valence-corrected chi connectivity index (χ3v) is 3.31. The summed E-state index contributed by atoms with van der Waals surface area (Å²) in [7, 11) is 0. The van der Waals surface area contributed by atoms with Crippen molar-refractivity contribution in [3.8, 4) is 29.2 Å². The van der Waals surface area contributed by atoms with Crippen molar-refractivity contribution >= 4 is 11.2 Å². The van der Waals surface area contributed by atoms with Crippen LogP contribution in [0.3, 0.4) is 0 Å². The van der Waals surface area contributed by atoms with Crippen molar-refractivity contribution in [2.45, 2.75) is 27.3 Å². The van der Waals surface area contributed by atoms with Crippen molar-refractivity contribution < 1.29 is 42.4 Å². The molecule has 1 radical (unpaired) electrons. The number of pyridine rings is 1. The van der Waals surface area contributed by atoms with Gasteiger partial charge >= 0.3 is 0 Å². The summed E-state index contributed by atoms with van der Waals surface area (Å²) in [5, 5.41) is 17.7. The number of fused-ring (bicyclic) bond motifs is 1. The van der Waals surface area contributed by atoms with Crippen molar-refractivity contribution in [3.63, 3.8) is 0 Å². The first-order chi connectivity index (χ1) is 11.1. The van der Waals surface area contributed by atoms with E-state index >= 15 is 0 Å². The fourth-order valence-corrected chi connectivity index (χ4v) is 2.30. The van der Waals surface area contributed by atoms with Crippen LogP contribution in [0.5, 0.6) is 5.75 Å². The van der Waals surface area contributed by atoms with Gasteiger partial charge in [-0.2, -0.15) is 0 Å². The molecule has 3 rings (SSSR count). The molecular weight excluding hydrogens is 395 g/mol. The van der Waals surface area contributed by atoms with Gasteiger partial charge in [-0.15, -0.1) is 6.42 Å². The Bertz CT molecular complexity index is 939. The monoisotopic (exact) mass is 415 g/mol. The molecule has 0 aliphatic carbocycles. The SMILES string of the molecule is C#CCn1c(=O)c(-c2ccccc2C)c(O)c2nonc21.CC.[CH3-].[Y]. The van der Waals surface area contributed by atoms with Crippen molar-refractivity contribution in [1.29, 1.82) is 0 Å². The maximum absolute atomic E-state index is 12.6. The zero-order valence-electron chi connectivity index (χ0n) is 14.8. The molecule has 25 heavy (non-hydrogen) atoms. The molecule has 0 saturated carbocycles. The molecular formula is C18H20N3O3Y-. The fraction of sp³-hybridized carbons (Fsp3) is 0.222. The van der Waals surface area contributed by atoms with E-state index in [1.54, 1.807) is 12.1 Å². The molecule has 6 nitrogen and oxygen atoms in total. The molecule has 1 aromatic carbocycles. The molecule has 0 aliphatic rings. The van der Waals surface area contributed by atoms with Gasteiger partial charge in [0.2, 0.25) is 5.65 Å². The van der Waals surface area contributed by atoms with Crippen LogP contribution >= 0.6 is 0 Å². The van der Waals surface area contributed by atoms with E-state index < -0.39 is 5.56 Å². The fourth-order valence-electron chi connectivity index (χ4n) is 2.30. The number of benzene rings is 1. The summed E-state index contributed by atoms with van der Waals surface area (Å²) in [5.74, 6) is 2.14. The molecule has 0 fully saturated rings. The molecule has 0 unspecified atom stereocenters. The Morgan fingerprint density at radius 1 is 1.28 bits per heavy atom. The van der Waals surface area contributed by atoms with Gasteiger partial charge in [-0.25, -0.2) is 4.63 Å². The van der Waals surface area contributed by atoms with E-state index in [9.17, 15) is 9.90 Å². The summed E-state index contributed by atoms with van der Waals surface area (Å²) >= 11 is 0. The summed E-state index contributed by atoms with van der Waals surface area (Å²) < 4.78 is 5.88. The smallest absolute Gasteiger partial charge is 0.264 e. The third kappa shape index (κ3) is 4.17. The van der Waals surface area contributed by atoms with Crippen LogP contribution in [0.1, 0.15) is 19.4 Å². The molecule has 2 aromatic heterocycles. The van der Waals surface area contributed by atoms with E-state index in [1.807, 2.05) is 32.9 Å². The first kappa shape index (κ1) is 23.0. The molecule has 0 atom stereocenters. The molecule has 2 heterocycles. The average molecular weight is 415 g/mol. The Balaban J connectivity index is 0.00000139. The predicted octanol–water partition coefficient (Wildman–Crippen LogP) is 3.17. The van der Waals surface area contributed by atoms with E-state index in [2.05, 4.69) is 20.9 Å². The molecule has 0 amide bonds. The van der Waals surface area contributed by atoms with E-state index in [0.29, 0.717) is 5.56 Å². The minimum absolute atomic E-state index is 0. The van der Waals surface area contributed by atoms with Gasteiger partial charge in [-0.1, -0.05) is 44.0 Å². The molecule has 0 saturated heterocycles. The first-order valence-electron chi connectivity index (χ1n) is 7.22. The van der Waals surface area contributed by atoms with Crippen LogP contribution < -0.4 is 5.56 Å². The van der Waals surface area contributed by atoms with Crippen LogP contribution in [-0.2, 0) is 39.3 Å². The van der Waals surface area contributed by atoms with Crippen LogP contribution in [0.2, 0.25) is 0 Å². The number of terminal acetylenes is 1. The number of aromatic nitrogens is 3. The quantitative estimate of drug-likeness (QED) is 0.514. The predicted molar refractivity (Wildman–Crippen MR) is 94.5 cm³/mol. The maximum Gasteiger partial charge on any atom is 0.264 e. The second-order valence-electron chi connectivity index (χ2n) is 4.57. The number of aromatic hydroxyl groups is 1. The molecule has 3 aromatic rings. The zero-order chi connectivity index (χ0) is 17.0. The first-order valence-corrected chi connectivity index (χ1v) is 7.22. The molecule has 129 valence electrons. The van der Waals surface area contributed by atoms with E-state index in [0.717, 1.165) is 5.56 Å². The van der Waals surface area contributed by atoms with Gasteiger partial charge < -0.3 is 12.5 Å². The summed E-state index contributed by atoms with van der Waals surface area (Å²) in [6.45, 7) is 5.87. The number of aryl methyl sites for hydroxylation is 1. The average Bonchev–Trinajstić information content (AvgIpc) is 3.05. The third-order valence-electron chi connectivity index (χ3n) is 3.31. The minimum atomic E-state index is -0.428. The minimum Gasteiger partial charge on any atom is -0.505 e. The van der Waals surface area contributed by atoms with Crippen molar-refractivity contribution in [1.82, 2.24) is 14.9 Å². The normalized spacial score (nSPS) is 9.20. The largest absolute Gasteiger partial charge is 0.505 e. The zero-order valence-corrected chi connectivity index (χ0v) is 17.6. The van der Waals surface area contributed by atoms with Gasteiger partial charge in [0.05, 0.1) is 12.1 Å². The maximum atomic E-state index is 12.6. The van der Waals surface area contributed by atoms with Gasteiger partial charge in [0.15, 0.2) is 11.3 Å². The Kier molecular flexibility index (Phi) is 9.33. The summed E-state index contributed by atoms with van der Waals surface area (Å²) in [6, 6.07) is 7.25. The Morgan fingerprint density at radius 2 is 1.92 bits per heavy atom. The van der Waals surface area contributed by atoms with E-state index in [4.69, 9.17) is 6.42 Å². The Hall–Kier alpha value is -1.97. The molecule has 7 heteroatoms.